The molecule has 0 aromatic carbocycles. The van der Waals surface area contributed by atoms with Crippen LogP contribution < -0.4 is 0 Å². The van der Waals surface area contributed by atoms with Crippen LogP contribution in [0.3, 0.4) is 0 Å². The maximum atomic E-state index is 3.51. The highest BCUT2D eigenvalue weighted by molar-refractivity contribution is 9.09. The molecule has 0 aromatic rings. The maximum Gasteiger partial charge on any atom is 0.0720 e. The number of hydrogen-bond donors (Lipinski definition) is 0. The van der Waals surface area contributed by atoms with Crippen LogP contribution in [0.5, 0.6) is 0 Å². The molecule has 0 N–H and O–H groups in total. The molecule has 0 rings (SSSR count). The van der Waals surface area contributed by atoms with Crippen molar-refractivity contribution in [1.82, 2.24) is 0 Å². The van der Waals surface area contributed by atoms with Crippen molar-refractivity contribution in [2.45, 2.75) is 58.7 Å². The molecule has 0 unspecified atom stereocenters. The third-order valence-electron chi connectivity index (χ3n) is 2.49. The smallest absolute Gasteiger partial charge is 0.0720 e. The van der Waals surface area contributed by atoms with Crippen molar-refractivity contribution < 1.29 is 0 Å². The van der Waals surface area contributed by atoms with E-state index in [0.29, 0.717) is 0 Å². The van der Waals surface area contributed by atoms with Crippen LogP contribution >= 0.6 is 15.9 Å². The largest absolute Gasteiger partial charge is 0.0928 e. The molecule has 2 heteroatoms. The molecule has 0 spiro atoms. The van der Waals surface area contributed by atoms with Crippen molar-refractivity contribution in [3.05, 3.63) is 11.3 Å². The van der Waals surface area contributed by atoms with Gasteiger partial charge < -0.3 is 0 Å². The molecule has 0 amide bonds. The Balaban J connectivity index is 4.16. The Labute approximate surface area is 99.3 Å². The summed E-state index contributed by atoms with van der Waals surface area (Å²) in [6.45, 7) is 9.64. The summed E-state index contributed by atoms with van der Waals surface area (Å²) < 4.78 is 0. The van der Waals surface area contributed by atoms with E-state index in [-0.39, 0.29) is 0 Å². The van der Waals surface area contributed by atoms with Gasteiger partial charge in [0.05, 0.1) is 8.07 Å². The maximum absolute atomic E-state index is 3.51. The van der Waals surface area contributed by atoms with E-state index < -0.39 is 8.07 Å². The van der Waals surface area contributed by atoms with Crippen molar-refractivity contribution in [2.24, 2.45) is 0 Å². The van der Waals surface area contributed by atoms with Gasteiger partial charge in [0.25, 0.3) is 0 Å². The summed E-state index contributed by atoms with van der Waals surface area (Å²) in [5.41, 5.74) is 0. The van der Waals surface area contributed by atoms with Gasteiger partial charge in [-0.05, 0) is 19.3 Å². The molecule has 0 aromatic heterocycles. The van der Waals surface area contributed by atoms with E-state index >= 15 is 0 Å². The number of alkyl halides is 1. The molecular weight excluding hydrogens is 252 g/mol. The predicted octanol–water partition coefficient (Wildman–Crippen LogP) is 5.16. The molecule has 0 aliphatic carbocycles. The summed E-state index contributed by atoms with van der Waals surface area (Å²) >= 11 is 3.51. The van der Waals surface area contributed by atoms with E-state index in [1.165, 1.54) is 32.1 Å². The number of allylic oxidation sites excluding steroid dienone is 2. The summed E-state index contributed by atoms with van der Waals surface area (Å²) in [4.78, 5) is 0. The average Bonchev–Trinajstić information content (AvgIpc) is 2.09. The summed E-state index contributed by atoms with van der Waals surface area (Å²) in [7, 11) is -1.03. The second kappa shape index (κ2) is 7.69. The summed E-state index contributed by atoms with van der Waals surface area (Å²) in [6, 6.07) is 0. The minimum Gasteiger partial charge on any atom is -0.0928 e. The zero-order valence-corrected chi connectivity index (χ0v) is 12.8. The van der Waals surface area contributed by atoms with Crippen molar-refractivity contribution in [3.8, 4) is 0 Å². The Kier molecular flexibility index (Phi) is 7.93. The van der Waals surface area contributed by atoms with Crippen LogP contribution in [0, 0.1) is 0 Å². The van der Waals surface area contributed by atoms with Gasteiger partial charge in [0.1, 0.15) is 0 Å². The lowest BCUT2D eigenvalue weighted by Gasteiger charge is -2.21. The zero-order valence-electron chi connectivity index (χ0n) is 10.2. The normalized spacial score (nSPS) is 13.4. The first-order valence-electron chi connectivity index (χ1n) is 5.77. The van der Waals surface area contributed by atoms with E-state index in [4.69, 9.17) is 0 Å². The lowest BCUT2D eigenvalue weighted by Crippen LogP contribution is -2.24. The van der Waals surface area contributed by atoms with Crippen molar-refractivity contribution >= 4 is 24.0 Å². The lowest BCUT2D eigenvalue weighted by molar-refractivity contribution is 0.807. The van der Waals surface area contributed by atoms with Gasteiger partial charge in [0, 0.05) is 5.33 Å². The Hall–Kier alpha value is 0.437. The lowest BCUT2D eigenvalue weighted by atomic mass is 10.2. The fourth-order valence-corrected chi connectivity index (χ4v) is 3.48. The Morgan fingerprint density at radius 3 is 2.29 bits per heavy atom. The van der Waals surface area contributed by atoms with Crippen molar-refractivity contribution in [1.29, 1.82) is 0 Å². The van der Waals surface area contributed by atoms with Gasteiger partial charge >= 0.3 is 0 Å². The summed E-state index contributed by atoms with van der Waals surface area (Å²) in [5, 5.41) is 2.91. The molecule has 0 atom stereocenters. The van der Waals surface area contributed by atoms with E-state index in [1.807, 2.05) is 0 Å². The van der Waals surface area contributed by atoms with Crippen LogP contribution in [0.4, 0.5) is 0 Å². The molecule has 0 fully saturated rings. The molecule has 0 radical (unpaired) electrons. The third kappa shape index (κ3) is 6.83. The monoisotopic (exact) mass is 276 g/mol. The highest BCUT2D eigenvalue weighted by Gasteiger charge is 2.18. The standard InChI is InChI=1S/C12H25BrSi/c1-5-6-7-9-12(10-8-11-13)14(2,3)4/h9H,5-8,10-11H2,1-4H3. The molecule has 0 aliphatic heterocycles. The Morgan fingerprint density at radius 1 is 1.21 bits per heavy atom. The second-order valence-corrected chi connectivity index (χ2v) is 10.8. The van der Waals surface area contributed by atoms with Crippen LogP contribution in [-0.4, -0.2) is 13.4 Å². The molecule has 0 saturated carbocycles. The first kappa shape index (κ1) is 14.4. The van der Waals surface area contributed by atoms with Crippen molar-refractivity contribution in [3.63, 3.8) is 0 Å². The average molecular weight is 277 g/mol. The molecular formula is C12H25BrSi. The summed E-state index contributed by atoms with van der Waals surface area (Å²) in [5.74, 6) is 0. The summed E-state index contributed by atoms with van der Waals surface area (Å²) in [6.07, 6.45) is 9.08. The van der Waals surface area contributed by atoms with Gasteiger partial charge in [-0.15, -0.1) is 0 Å². The van der Waals surface area contributed by atoms with E-state index in [0.717, 1.165) is 5.33 Å². The molecule has 14 heavy (non-hydrogen) atoms. The van der Waals surface area contributed by atoms with E-state index in [2.05, 4.69) is 48.6 Å². The van der Waals surface area contributed by atoms with Gasteiger partial charge in [-0.3, -0.25) is 0 Å². The highest BCUT2D eigenvalue weighted by atomic mass is 79.9. The van der Waals surface area contributed by atoms with Gasteiger partial charge in [0.2, 0.25) is 0 Å². The first-order valence-corrected chi connectivity index (χ1v) is 10.4. The molecule has 0 bridgehead atoms. The van der Waals surface area contributed by atoms with Crippen LogP contribution in [-0.2, 0) is 0 Å². The van der Waals surface area contributed by atoms with Crippen LogP contribution in [0.15, 0.2) is 11.3 Å². The minimum atomic E-state index is -1.03. The SMILES string of the molecule is CCCCC=C(CCCBr)[Si](C)(C)C. The van der Waals surface area contributed by atoms with E-state index in [9.17, 15) is 0 Å². The van der Waals surface area contributed by atoms with Gasteiger partial charge in [-0.1, -0.05) is 66.6 Å². The molecule has 0 heterocycles. The van der Waals surface area contributed by atoms with Gasteiger partial charge in [-0.25, -0.2) is 0 Å². The topological polar surface area (TPSA) is 0 Å². The predicted molar refractivity (Wildman–Crippen MR) is 74.0 cm³/mol. The number of rotatable bonds is 7. The van der Waals surface area contributed by atoms with Gasteiger partial charge in [0.15, 0.2) is 0 Å². The fourth-order valence-electron chi connectivity index (χ4n) is 1.52. The highest BCUT2D eigenvalue weighted by Crippen LogP contribution is 2.21. The van der Waals surface area contributed by atoms with Gasteiger partial charge in [-0.2, -0.15) is 0 Å². The van der Waals surface area contributed by atoms with Crippen LogP contribution in [0.25, 0.3) is 0 Å². The first-order chi connectivity index (χ1) is 6.52. The van der Waals surface area contributed by atoms with Crippen molar-refractivity contribution in [2.75, 3.05) is 5.33 Å². The van der Waals surface area contributed by atoms with E-state index in [1.54, 1.807) is 5.20 Å². The zero-order chi connectivity index (χ0) is 11.0. The molecule has 84 valence electrons. The van der Waals surface area contributed by atoms with Crippen LogP contribution in [0.2, 0.25) is 19.6 Å². The number of hydrogen-bond acceptors (Lipinski definition) is 0. The molecule has 0 saturated heterocycles. The number of unbranched alkanes of at least 4 members (excludes halogenated alkanes) is 2. The molecule has 0 aliphatic rings. The fraction of sp³-hybridized carbons (Fsp3) is 0.833. The van der Waals surface area contributed by atoms with Crippen LogP contribution in [0.1, 0.15) is 39.0 Å². The third-order valence-corrected chi connectivity index (χ3v) is 5.43. The minimum absolute atomic E-state index is 1.03. The Morgan fingerprint density at radius 2 is 1.86 bits per heavy atom. The molecule has 0 nitrogen and oxygen atoms in total. The Bertz CT molecular complexity index is 168. The second-order valence-electron chi connectivity index (χ2n) is 4.91. The quantitative estimate of drug-likeness (QED) is 0.343. The number of halogens is 1.